The summed E-state index contributed by atoms with van der Waals surface area (Å²) in [6.45, 7) is 0.635. The van der Waals surface area contributed by atoms with Crippen molar-refractivity contribution in [2.75, 3.05) is 0 Å². The molecule has 1 heterocycles. The lowest BCUT2D eigenvalue weighted by Crippen LogP contribution is -2.20. The van der Waals surface area contributed by atoms with Crippen LogP contribution in [-0.2, 0) is 6.54 Å². The first-order valence-corrected chi connectivity index (χ1v) is 3.97. The lowest BCUT2D eigenvalue weighted by Gasteiger charge is -1.88. The summed E-state index contributed by atoms with van der Waals surface area (Å²) in [5, 5.41) is 0.990. The molecule has 0 amide bonds. The molecule has 1 rings (SSSR count). The maximum atomic E-state index is 5.07. The Bertz CT molecular complexity index is 188. The van der Waals surface area contributed by atoms with Gasteiger partial charge >= 0.3 is 0 Å². The number of hydrogen-bond donors (Lipinski definition) is 2. The Kier molecular flexibility index (Phi) is 2.59. The van der Waals surface area contributed by atoms with Crippen LogP contribution in [0, 0.1) is 0 Å². The first-order chi connectivity index (χ1) is 4.33. The number of nitrogens with one attached hydrogen (secondary N) is 1. The van der Waals surface area contributed by atoms with Crippen LogP contribution < -0.4 is 11.3 Å². The Morgan fingerprint density at radius 1 is 1.89 bits per heavy atom. The minimum Gasteiger partial charge on any atom is -0.271 e. The monoisotopic (exact) mass is 207 g/mol. The highest BCUT2D eigenvalue weighted by Crippen LogP contribution is 2.18. The average molecular weight is 208 g/mol. The van der Waals surface area contributed by atoms with Crippen molar-refractivity contribution in [2.24, 2.45) is 5.84 Å². The first kappa shape index (κ1) is 7.14. The summed E-state index contributed by atoms with van der Waals surface area (Å²) in [6.07, 6.45) is 1.76. The largest absolute Gasteiger partial charge is 0.271 e. The van der Waals surface area contributed by atoms with Crippen molar-refractivity contribution < 1.29 is 0 Å². The molecule has 0 aliphatic rings. The van der Waals surface area contributed by atoms with E-state index in [0.29, 0.717) is 6.54 Å². The maximum absolute atomic E-state index is 5.07. The number of aromatic nitrogens is 1. The molecule has 1 aromatic heterocycles. The summed E-state index contributed by atoms with van der Waals surface area (Å²) >= 11 is 4.86. The second kappa shape index (κ2) is 3.26. The van der Waals surface area contributed by atoms with E-state index in [9.17, 15) is 0 Å². The molecule has 0 aliphatic heterocycles. The van der Waals surface area contributed by atoms with E-state index in [2.05, 4.69) is 26.3 Å². The maximum Gasteiger partial charge on any atom is 0.109 e. The van der Waals surface area contributed by atoms with Crippen molar-refractivity contribution in [1.82, 2.24) is 10.4 Å². The lowest BCUT2D eigenvalue weighted by molar-refractivity contribution is 0.736. The van der Waals surface area contributed by atoms with Crippen molar-refractivity contribution in [2.45, 2.75) is 6.54 Å². The fraction of sp³-hybridized carbons (Fsp3) is 0.250. The Hall–Kier alpha value is 0.0300. The van der Waals surface area contributed by atoms with Crippen LogP contribution >= 0.6 is 27.3 Å². The van der Waals surface area contributed by atoms with Crippen molar-refractivity contribution in [3.63, 3.8) is 0 Å². The molecule has 9 heavy (non-hydrogen) atoms. The number of nitrogens with two attached hydrogens (primary N) is 1. The molecular weight excluding hydrogens is 202 g/mol. The van der Waals surface area contributed by atoms with Gasteiger partial charge in [0.1, 0.15) is 5.01 Å². The van der Waals surface area contributed by atoms with Crippen LogP contribution in [0.1, 0.15) is 5.01 Å². The van der Waals surface area contributed by atoms with Crippen LogP contribution in [-0.4, -0.2) is 4.98 Å². The number of nitrogens with zero attached hydrogens (tertiary/aromatic N) is 1. The molecule has 5 heteroatoms. The molecule has 0 radical (unpaired) electrons. The highest BCUT2D eigenvalue weighted by atomic mass is 79.9. The van der Waals surface area contributed by atoms with E-state index >= 15 is 0 Å². The van der Waals surface area contributed by atoms with E-state index in [1.807, 2.05) is 0 Å². The zero-order chi connectivity index (χ0) is 6.69. The van der Waals surface area contributed by atoms with Crippen LogP contribution in [0.5, 0.6) is 0 Å². The average Bonchev–Trinajstić information content (AvgIpc) is 2.17. The summed E-state index contributed by atoms with van der Waals surface area (Å²) < 4.78 is 1.03. The SMILES string of the molecule is NNCc1ncc(Br)s1. The second-order valence-corrected chi connectivity index (χ2v) is 3.93. The molecule has 0 aliphatic carbocycles. The quantitative estimate of drug-likeness (QED) is 0.560. The summed E-state index contributed by atoms with van der Waals surface area (Å²) in [4.78, 5) is 4.03. The molecule has 0 aromatic carbocycles. The third kappa shape index (κ3) is 2.02. The third-order valence-corrected chi connectivity index (χ3v) is 2.25. The van der Waals surface area contributed by atoms with Gasteiger partial charge in [0, 0.05) is 0 Å². The van der Waals surface area contributed by atoms with Gasteiger partial charge in [0.05, 0.1) is 16.5 Å². The van der Waals surface area contributed by atoms with Crippen LogP contribution in [0.15, 0.2) is 9.98 Å². The number of rotatable bonds is 2. The fourth-order valence-corrected chi connectivity index (χ4v) is 1.71. The Morgan fingerprint density at radius 2 is 2.67 bits per heavy atom. The Morgan fingerprint density at radius 3 is 3.11 bits per heavy atom. The highest BCUT2D eigenvalue weighted by molar-refractivity contribution is 9.11. The van der Waals surface area contributed by atoms with Gasteiger partial charge in [-0.05, 0) is 15.9 Å². The number of hydrazine groups is 1. The van der Waals surface area contributed by atoms with E-state index in [0.717, 1.165) is 8.79 Å². The van der Waals surface area contributed by atoms with Gasteiger partial charge in [-0.3, -0.25) is 11.3 Å². The van der Waals surface area contributed by atoms with Crippen LogP contribution in [0.3, 0.4) is 0 Å². The van der Waals surface area contributed by atoms with Gasteiger partial charge in [-0.25, -0.2) is 4.98 Å². The third-order valence-electron chi connectivity index (χ3n) is 0.779. The zero-order valence-corrected chi connectivity index (χ0v) is 7.00. The van der Waals surface area contributed by atoms with Gasteiger partial charge in [-0.2, -0.15) is 0 Å². The standard InChI is InChI=1S/C4H6BrN3S/c5-3-1-7-4(9-3)2-8-6/h1,8H,2,6H2. The molecule has 0 saturated carbocycles. The van der Waals surface area contributed by atoms with E-state index in [4.69, 9.17) is 5.84 Å². The van der Waals surface area contributed by atoms with Crippen molar-refractivity contribution in [3.8, 4) is 0 Å². The molecule has 3 N–H and O–H groups in total. The molecule has 0 saturated heterocycles. The minimum atomic E-state index is 0.635. The zero-order valence-electron chi connectivity index (χ0n) is 4.60. The summed E-state index contributed by atoms with van der Waals surface area (Å²) in [6, 6.07) is 0. The topological polar surface area (TPSA) is 50.9 Å². The van der Waals surface area contributed by atoms with Gasteiger partial charge in [-0.15, -0.1) is 11.3 Å². The molecule has 0 spiro atoms. The van der Waals surface area contributed by atoms with E-state index < -0.39 is 0 Å². The predicted octanol–water partition coefficient (Wildman–Crippen LogP) is 0.869. The van der Waals surface area contributed by atoms with Gasteiger partial charge in [0.15, 0.2) is 0 Å². The molecule has 0 unspecified atom stereocenters. The van der Waals surface area contributed by atoms with Gasteiger partial charge in [0.2, 0.25) is 0 Å². The minimum absolute atomic E-state index is 0.635. The normalized spacial score (nSPS) is 10.0. The summed E-state index contributed by atoms with van der Waals surface area (Å²) in [5.41, 5.74) is 2.52. The van der Waals surface area contributed by atoms with Crippen molar-refractivity contribution in [3.05, 3.63) is 15.0 Å². The number of thiazole rings is 1. The first-order valence-electron chi connectivity index (χ1n) is 2.36. The molecule has 0 atom stereocenters. The van der Waals surface area contributed by atoms with Gasteiger partial charge in [0.25, 0.3) is 0 Å². The van der Waals surface area contributed by atoms with Crippen molar-refractivity contribution in [1.29, 1.82) is 0 Å². The molecule has 1 aromatic rings. The van der Waals surface area contributed by atoms with Gasteiger partial charge in [-0.1, -0.05) is 0 Å². The van der Waals surface area contributed by atoms with Crippen LogP contribution in [0.2, 0.25) is 0 Å². The second-order valence-electron chi connectivity index (χ2n) is 1.44. The Balaban J connectivity index is 2.61. The molecule has 3 nitrogen and oxygen atoms in total. The van der Waals surface area contributed by atoms with E-state index in [1.165, 1.54) is 0 Å². The predicted molar refractivity (Wildman–Crippen MR) is 40.8 cm³/mol. The molecule has 0 fully saturated rings. The van der Waals surface area contributed by atoms with Gasteiger partial charge < -0.3 is 0 Å². The van der Waals surface area contributed by atoms with Crippen LogP contribution in [0.4, 0.5) is 0 Å². The molecular formula is C4H6BrN3S. The number of halogens is 1. The molecule has 0 bridgehead atoms. The lowest BCUT2D eigenvalue weighted by atomic mass is 10.7. The highest BCUT2D eigenvalue weighted by Gasteiger charge is 1.95. The molecule has 50 valence electrons. The summed E-state index contributed by atoms with van der Waals surface area (Å²) in [7, 11) is 0. The smallest absolute Gasteiger partial charge is 0.109 e. The van der Waals surface area contributed by atoms with Crippen molar-refractivity contribution >= 4 is 27.3 Å². The van der Waals surface area contributed by atoms with E-state index in [-0.39, 0.29) is 0 Å². The number of hydrogen-bond acceptors (Lipinski definition) is 4. The fourth-order valence-electron chi connectivity index (χ4n) is 0.457. The Labute approximate surface area is 65.4 Å². The van der Waals surface area contributed by atoms with Crippen LogP contribution in [0.25, 0.3) is 0 Å². The van der Waals surface area contributed by atoms with E-state index in [1.54, 1.807) is 17.5 Å². The summed E-state index contributed by atoms with van der Waals surface area (Å²) in [5.74, 6) is 5.07.